The lowest BCUT2D eigenvalue weighted by Gasteiger charge is -2.13. The monoisotopic (exact) mass is 398 g/mol. The molecule has 0 heterocycles. The highest BCUT2D eigenvalue weighted by Crippen LogP contribution is 2.26. The quantitative estimate of drug-likeness (QED) is 0.505. The third-order valence-corrected chi connectivity index (χ3v) is 4.45. The summed E-state index contributed by atoms with van der Waals surface area (Å²) in [7, 11) is 1.30. The van der Waals surface area contributed by atoms with Crippen LogP contribution in [0.1, 0.15) is 20.7 Å². The van der Waals surface area contributed by atoms with Crippen LogP contribution in [0, 0.1) is 0 Å². The Morgan fingerprint density at radius 3 is 2.37 bits per heavy atom. The maximum Gasteiger partial charge on any atom is 0.339 e. The van der Waals surface area contributed by atoms with Gasteiger partial charge < -0.3 is 10.1 Å². The third-order valence-electron chi connectivity index (χ3n) is 3.92. The summed E-state index contributed by atoms with van der Waals surface area (Å²) < 4.78 is 4.75. The number of benzene rings is 3. The number of esters is 1. The summed E-state index contributed by atoms with van der Waals surface area (Å²) in [4.78, 5) is 24.5. The molecule has 0 spiro atoms. The number of ether oxygens (including phenoxy) is 1. The molecular formula is C20H15ClN2O3S. The fraction of sp³-hybridized carbons (Fsp3) is 0.0500. The number of thiocarbonyl (C=S) groups is 1. The Labute approximate surface area is 166 Å². The maximum absolute atomic E-state index is 12.7. The molecule has 0 saturated carbocycles. The molecule has 0 unspecified atom stereocenters. The number of methoxy groups -OCH3 is 1. The number of fused-ring (bicyclic) bond motifs is 1. The van der Waals surface area contributed by atoms with Crippen LogP contribution in [0.2, 0.25) is 5.02 Å². The molecule has 2 N–H and O–H groups in total. The van der Waals surface area contributed by atoms with Gasteiger partial charge in [0.05, 0.1) is 18.4 Å². The molecule has 0 aliphatic heterocycles. The number of rotatable bonds is 3. The molecule has 3 aromatic rings. The van der Waals surface area contributed by atoms with Crippen LogP contribution in [0.4, 0.5) is 5.69 Å². The molecule has 7 heteroatoms. The van der Waals surface area contributed by atoms with Crippen molar-refractivity contribution in [2.24, 2.45) is 0 Å². The van der Waals surface area contributed by atoms with Crippen LogP contribution in [0.5, 0.6) is 0 Å². The molecule has 5 nitrogen and oxygen atoms in total. The van der Waals surface area contributed by atoms with Gasteiger partial charge in [-0.1, -0.05) is 48.0 Å². The van der Waals surface area contributed by atoms with E-state index in [2.05, 4.69) is 10.6 Å². The Hall–Kier alpha value is -2.96. The van der Waals surface area contributed by atoms with Crippen LogP contribution < -0.4 is 10.6 Å². The number of anilines is 1. The van der Waals surface area contributed by atoms with E-state index in [9.17, 15) is 9.59 Å². The smallest absolute Gasteiger partial charge is 0.339 e. The zero-order valence-electron chi connectivity index (χ0n) is 14.3. The van der Waals surface area contributed by atoms with Crippen molar-refractivity contribution in [3.05, 3.63) is 76.8 Å². The molecule has 136 valence electrons. The molecule has 0 aliphatic carbocycles. The summed E-state index contributed by atoms with van der Waals surface area (Å²) >= 11 is 11.4. The van der Waals surface area contributed by atoms with Crippen molar-refractivity contribution in [1.29, 1.82) is 0 Å². The van der Waals surface area contributed by atoms with Gasteiger partial charge in [-0.3, -0.25) is 10.1 Å². The van der Waals surface area contributed by atoms with E-state index in [4.69, 9.17) is 28.6 Å². The average molecular weight is 399 g/mol. The predicted molar refractivity (Wildman–Crippen MR) is 110 cm³/mol. The van der Waals surface area contributed by atoms with Crippen LogP contribution in [-0.4, -0.2) is 24.1 Å². The number of nitrogens with one attached hydrogen (secondary N) is 2. The largest absolute Gasteiger partial charge is 0.465 e. The standard InChI is InChI=1S/C20H15ClN2O3S/c1-26-19(25)15-6-2-3-11-17(15)22-20(27)23-18(24)14-9-4-8-13-12(14)7-5-10-16(13)21/h2-11H,1H3,(H2,22,23,24,27). The second-order valence-electron chi connectivity index (χ2n) is 5.59. The van der Waals surface area contributed by atoms with Gasteiger partial charge in [0.2, 0.25) is 0 Å². The summed E-state index contributed by atoms with van der Waals surface area (Å²) in [6, 6.07) is 17.4. The maximum atomic E-state index is 12.7. The summed E-state index contributed by atoms with van der Waals surface area (Å²) in [6.45, 7) is 0. The van der Waals surface area contributed by atoms with E-state index in [0.29, 0.717) is 21.8 Å². The van der Waals surface area contributed by atoms with Gasteiger partial charge in [-0.2, -0.15) is 0 Å². The van der Waals surface area contributed by atoms with E-state index in [1.807, 2.05) is 12.1 Å². The van der Waals surface area contributed by atoms with E-state index in [1.165, 1.54) is 7.11 Å². The number of halogens is 1. The zero-order chi connectivity index (χ0) is 19.4. The first-order valence-corrected chi connectivity index (χ1v) is 8.77. The SMILES string of the molecule is COC(=O)c1ccccc1NC(=S)NC(=O)c1cccc2c(Cl)cccc12. The summed E-state index contributed by atoms with van der Waals surface area (Å²) in [5, 5.41) is 7.62. The Kier molecular flexibility index (Phi) is 5.69. The van der Waals surface area contributed by atoms with Crippen LogP contribution in [0.15, 0.2) is 60.7 Å². The van der Waals surface area contributed by atoms with Gasteiger partial charge in [0.25, 0.3) is 5.91 Å². The Morgan fingerprint density at radius 2 is 1.59 bits per heavy atom. The van der Waals surface area contributed by atoms with Gasteiger partial charge >= 0.3 is 5.97 Å². The lowest BCUT2D eigenvalue weighted by Crippen LogP contribution is -2.34. The Bertz CT molecular complexity index is 1050. The highest BCUT2D eigenvalue weighted by Gasteiger charge is 2.15. The van der Waals surface area contributed by atoms with Crippen molar-refractivity contribution in [1.82, 2.24) is 5.32 Å². The van der Waals surface area contributed by atoms with E-state index in [-0.39, 0.29) is 11.0 Å². The van der Waals surface area contributed by atoms with Gasteiger partial charge in [-0.25, -0.2) is 4.79 Å². The van der Waals surface area contributed by atoms with Gasteiger partial charge in [0.15, 0.2) is 5.11 Å². The normalized spacial score (nSPS) is 10.3. The molecule has 0 saturated heterocycles. The summed E-state index contributed by atoms with van der Waals surface area (Å²) in [5.41, 5.74) is 1.20. The van der Waals surface area contributed by atoms with Crippen LogP contribution in [0.25, 0.3) is 10.8 Å². The Balaban J connectivity index is 1.81. The van der Waals surface area contributed by atoms with Crippen molar-refractivity contribution in [3.63, 3.8) is 0 Å². The lowest BCUT2D eigenvalue weighted by atomic mass is 10.0. The van der Waals surface area contributed by atoms with Crippen molar-refractivity contribution in [2.45, 2.75) is 0 Å². The van der Waals surface area contributed by atoms with Crippen molar-refractivity contribution in [2.75, 3.05) is 12.4 Å². The Morgan fingerprint density at radius 1 is 0.926 bits per heavy atom. The van der Waals surface area contributed by atoms with E-state index in [0.717, 1.165) is 10.8 Å². The molecule has 27 heavy (non-hydrogen) atoms. The second-order valence-corrected chi connectivity index (χ2v) is 6.40. The van der Waals surface area contributed by atoms with Gasteiger partial charge in [-0.05, 0) is 41.9 Å². The van der Waals surface area contributed by atoms with Crippen LogP contribution in [0.3, 0.4) is 0 Å². The highest BCUT2D eigenvalue weighted by atomic mass is 35.5. The van der Waals surface area contributed by atoms with Crippen molar-refractivity contribution in [3.8, 4) is 0 Å². The second kappa shape index (κ2) is 8.16. The molecule has 1 amide bonds. The molecule has 0 radical (unpaired) electrons. The average Bonchev–Trinajstić information content (AvgIpc) is 2.67. The summed E-state index contributed by atoms with van der Waals surface area (Å²) in [5.74, 6) is -0.883. The number of hydrogen-bond donors (Lipinski definition) is 2. The molecule has 0 fully saturated rings. The molecule has 3 rings (SSSR count). The minimum absolute atomic E-state index is 0.0652. The molecule has 0 aromatic heterocycles. The van der Waals surface area contributed by atoms with Gasteiger partial charge in [0, 0.05) is 16.0 Å². The number of para-hydroxylation sites is 1. The first kappa shape index (κ1) is 18.8. The number of amides is 1. The number of carbonyl (C=O) groups is 2. The summed E-state index contributed by atoms with van der Waals surface area (Å²) in [6.07, 6.45) is 0. The zero-order valence-corrected chi connectivity index (χ0v) is 15.9. The fourth-order valence-corrected chi connectivity index (χ4v) is 3.11. The van der Waals surface area contributed by atoms with Crippen LogP contribution >= 0.6 is 23.8 Å². The van der Waals surface area contributed by atoms with E-state index < -0.39 is 5.97 Å². The molecule has 0 aliphatic rings. The number of carbonyl (C=O) groups excluding carboxylic acids is 2. The van der Waals surface area contributed by atoms with E-state index in [1.54, 1.807) is 48.5 Å². The van der Waals surface area contributed by atoms with Crippen LogP contribution in [-0.2, 0) is 4.74 Å². The molecular weight excluding hydrogens is 384 g/mol. The molecule has 0 atom stereocenters. The topological polar surface area (TPSA) is 67.4 Å². The van der Waals surface area contributed by atoms with Gasteiger partial charge in [0.1, 0.15) is 0 Å². The molecule has 3 aromatic carbocycles. The minimum Gasteiger partial charge on any atom is -0.465 e. The van der Waals surface area contributed by atoms with Gasteiger partial charge in [-0.15, -0.1) is 0 Å². The molecule has 0 bridgehead atoms. The van der Waals surface area contributed by atoms with Crippen molar-refractivity contribution < 1.29 is 14.3 Å². The number of hydrogen-bond acceptors (Lipinski definition) is 4. The predicted octanol–water partition coefficient (Wildman–Crippen LogP) is 4.41. The van der Waals surface area contributed by atoms with Crippen molar-refractivity contribution >= 4 is 57.3 Å². The first-order chi connectivity index (χ1) is 13.0. The minimum atomic E-state index is -0.504. The van der Waals surface area contributed by atoms with E-state index >= 15 is 0 Å². The third kappa shape index (κ3) is 4.07. The first-order valence-electron chi connectivity index (χ1n) is 7.98. The highest BCUT2D eigenvalue weighted by molar-refractivity contribution is 7.80. The lowest BCUT2D eigenvalue weighted by molar-refractivity contribution is 0.0602. The fourth-order valence-electron chi connectivity index (χ4n) is 2.67.